The van der Waals surface area contributed by atoms with E-state index >= 15 is 0 Å². The molecule has 8 heteroatoms. The Morgan fingerprint density at radius 1 is 1.11 bits per heavy atom. The maximum Gasteiger partial charge on any atom is 0.347 e. The predicted octanol–water partition coefficient (Wildman–Crippen LogP) is 6.30. The van der Waals surface area contributed by atoms with Crippen LogP contribution in [0.15, 0.2) is 106 Å². The summed E-state index contributed by atoms with van der Waals surface area (Å²) in [5.41, 5.74) is 4.44. The van der Waals surface area contributed by atoms with Gasteiger partial charge in [-0.15, -0.1) is 10.5 Å². The first-order valence-electron chi connectivity index (χ1n) is 11.9. The maximum absolute atomic E-state index is 13.8. The first kappa shape index (κ1) is 22.9. The second kappa shape index (κ2) is 9.15. The van der Waals surface area contributed by atoms with Crippen LogP contribution in [0.25, 0.3) is 0 Å². The fourth-order valence-corrected chi connectivity index (χ4v) is 7.17. The molecule has 3 heterocycles. The zero-order valence-electron chi connectivity index (χ0n) is 20.1. The molecule has 0 N–H and O–H groups in total. The molecular weight excluding hydrogens is 490 g/mol. The predicted molar refractivity (Wildman–Crippen MR) is 149 cm³/mol. The third-order valence-electron chi connectivity index (χ3n) is 6.73. The van der Waals surface area contributed by atoms with Crippen molar-refractivity contribution in [3.05, 3.63) is 112 Å². The highest BCUT2D eigenvalue weighted by Crippen LogP contribution is 2.48. The highest BCUT2D eigenvalue weighted by Gasteiger charge is 2.40. The molecular formula is C28H26ClN5OS. The molecule has 0 fully saturated rings. The minimum absolute atomic E-state index is 0.142. The zero-order chi connectivity index (χ0) is 24.8. The molecule has 6 nitrogen and oxygen atoms in total. The van der Waals surface area contributed by atoms with Crippen molar-refractivity contribution in [2.24, 2.45) is 5.10 Å². The van der Waals surface area contributed by atoms with E-state index in [2.05, 4.69) is 34.6 Å². The summed E-state index contributed by atoms with van der Waals surface area (Å²) >= 11 is 6.64. The number of benzene rings is 2. The number of fused-ring (bicyclic) bond motifs is 4. The monoisotopic (exact) mass is 515 g/mol. The SMILES string of the molecule is CCN(Cc1ccccc1)C(=O)N1N=CN2C1=CN(c1ccccc1Cl)C=C1C3=C(C=CC3)S(C)=C12. The number of hydrazone groups is 1. The largest absolute Gasteiger partial charge is 0.347 e. The lowest BCUT2D eigenvalue weighted by Crippen LogP contribution is -2.41. The summed E-state index contributed by atoms with van der Waals surface area (Å²) in [5.74, 6) is 0.692. The molecule has 2 aromatic rings. The van der Waals surface area contributed by atoms with E-state index < -0.39 is 0 Å². The summed E-state index contributed by atoms with van der Waals surface area (Å²) in [6, 6.07) is 17.6. The molecule has 0 saturated heterocycles. The molecule has 0 aromatic heterocycles. The molecule has 0 spiro atoms. The van der Waals surface area contributed by atoms with Gasteiger partial charge < -0.3 is 9.80 Å². The minimum Gasteiger partial charge on any atom is -0.319 e. The smallest absolute Gasteiger partial charge is 0.319 e. The molecule has 0 bridgehead atoms. The van der Waals surface area contributed by atoms with Gasteiger partial charge in [0, 0.05) is 29.8 Å². The molecule has 2 aromatic carbocycles. The normalized spacial score (nSPS) is 19.8. The van der Waals surface area contributed by atoms with Gasteiger partial charge >= 0.3 is 6.03 Å². The molecule has 36 heavy (non-hydrogen) atoms. The van der Waals surface area contributed by atoms with Gasteiger partial charge in [-0.1, -0.05) is 66.2 Å². The molecule has 1 unspecified atom stereocenters. The Labute approximate surface area is 218 Å². The van der Waals surface area contributed by atoms with Crippen molar-refractivity contribution >= 4 is 45.1 Å². The number of para-hydroxylation sites is 1. The van der Waals surface area contributed by atoms with Gasteiger partial charge in [0.15, 0.2) is 5.82 Å². The van der Waals surface area contributed by atoms with Gasteiger partial charge in [0.2, 0.25) is 0 Å². The number of hydrogen-bond acceptors (Lipinski definition) is 4. The van der Waals surface area contributed by atoms with E-state index in [9.17, 15) is 4.79 Å². The number of nitrogens with zero attached hydrogens (tertiary/aromatic N) is 5. The van der Waals surface area contributed by atoms with Gasteiger partial charge in [-0.05, 0) is 42.9 Å². The van der Waals surface area contributed by atoms with E-state index in [1.165, 1.54) is 21.1 Å². The first-order chi connectivity index (χ1) is 17.6. The number of amides is 2. The van der Waals surface area contributed by atoms with E-state index in [0.717, 1.165) is 22.7 Å². The number of hydrogen-bond donors (Lipinski definition) is 0. The third-order valence-corrected chi connectivity index (χ3v) is 9.09. The highest BCUT2D eigenvalue weighted by molar-refractivity contribution is 8.19. The fraction of sp³-hybridized carbons (Fsp3) is 0.179. The van der Waals surface area contributed by atoms with E-state index in [-0.39, 0.29) is 16.5 Å². The number of halogens is 1. The van der Waals surface area contributed by atoms with Crippen molar-refractivity contribution in [2.75, 3.05) is 17.7 Å². The van der Waals surface area contributed by atoms with Crippen LogP contribution in [0.5, 0.6) is 0 Å². The van der Waals surface area contributed by atoms with Crippen LogP contribution < -0.4 is 4.90 Å². The fourth-order valence-electron chi connectivity index (χ4n) is 4.92. The number of carbonyl (C=O) groups is 1. The van der Waals surface area contributed by atoms with Crippen molar-refractivity contribution < 1.29 is 4.79 Å². The minimum atomic E-state index is -0.163. The van der Waals surface area contributed by atoms with Gasteiger partial charge in [0.25, 0.3) is 0 Å². The summed E-state index contributed by atoms with van der Waals surface area (Å²) in [7, 11) is -0.142. The van der Waals surface area contributed by atoms with Gasteiger partial charge in [0.05, 0.1) is 21.9 Å². The molecule has 0 saturated carbocycles. The standard InChI is InChI=1S/C28H26ClN5OS/c1-3-31(16-20-10-5-4-6-11-20)28(35)34-26-18-32(24-14-8-7-13-23(24)29)17-22-21-12-9-15-25(21)36(2)27(22)33(26)19-30-34/h4-11,13-15,17-19H,3,12,16H2,1-2H3. The van der Waals surface area contributed by atoms with Gasteiger partial charge in [-0.3, -0.25) is 4.90 Å². The lowest BCUT2D eigenvalue weighted by molar-refractivity contribution is 0.165. The van der Waals surface area contributed by atoms with Crippen molar-refractivity contribution in [1.82, 2.24) is 14.8 Å². The van der Waals surface area contributed by atoms with Crippen LogP contribution >= 0.6 is 22.1 Å². The number of urea groups is 1. The summed E-state index contributed by atoms with van der Waals surface area (Å²) in [6.45, 7) is 3.08. The van der Waals surface area contributed by atoms with Crippen molar-refractivity contribution in [3.63, 3.8) is 0 Å². The van der Waals surface area contributed by atoms with Crippen molar-refractivity contribution in [3.8, 4) is 0 Å². The average molecular weight is 516 g/mol. The van der Waals surface area contributed by atoms with Crippen LogP contribution in [0, 0.1) is 0 Å². The number of allylic oxidation sites excluding steroid dienone is 2. The van der Waals surface area contributed by atoms with Crippen molar-refractivity contribution in [1.29, 1.82) is 0 Å². The number of rotatable bonds is 4. The average Bonchev–Trinajstić information content (AvgIpc) is 3.57. The van der Waals surface area contributed by atoms with Gasteiger partial charge in [0.1, 0.15) is 6.34 Å². The Morgan fingerprint density at radius 3 is 2.67 bits per heavy atom. The van der Waals surface area contributed by atoms with E-state index in [1.807, 2.05) is 77.5 Å². The van der Waals surface area contributed by atoms with E-state index in [1.54, 1.807) is 6.34 Å². The Bertz CT molecular complexity index is 1440. The second-order valence-corrected chi connectivity index (χ2v) is 11.1. The molecule has 6 rings (SSSR count). The number of carbonyl (C=O) groups excluding carboxylic acids is 1. The van der Waals surface area contributed by atoms with Gasteiger partial charge in [-0.2, -0.15) is 10.1 Å². The van der Waals surface area contributed by atoms with Crippen LogP contribution in [-0.4, -0.2) is 45.0 Å². The maximum atomic E-state index is 13.8. The van der Waals surface area contributed by atoms with E-state index in [0.29, 0.717) is 23.9 Å². The molecule has 4 aliphatic rings. The number of anilines is 1. The zero-order valence-corrected chi connectivity index (χ0v) is 21.7. The Kier molecular flexibility index (Phi) is 5.82. The molecule has 2 amide bonds. The molecule has 1 aliphatic carbocycles. The van der Waals surface area contributed by atoms with Gasteiger partial charge in [-0.25, -0.2) is 4.79 Å². The Balaban J connectivity index is 1.42. The lowest BCUT2D eigenvalue weighted by Gasteiger charge is -2.28. The van der Waals surface area contributed by atoms with Crippen LogP contribution in [0.3, 0.4) is 0 Å². The summed E-state index contributed by atoms with van der Waals surface area (Å²) in [6.07, 6.45) is 13.5. The first-order valence-corrected chi connectivity index (χ1v) is 13.9. The summed E-state index contributed by atoms with van der Waals surface area (Å²) < 4.78 is 0. The van der Waals surface area contributed by atoms with Crippen molar-refractivity contribution in [2.45, 2.75) is 19.9 Å². The Morgan fingerprint density at radius 2 is 1.89 bits per heavy atom. The summed E-state index contributed by atoms with van der Waals surface area (Å²) in [5, 5.41) is 6.76. The molecule has 0 radical (unpaired) electrons. The highest BCUT2D eigenvalue weighted by atomic mass is 35.5. The van der Waals surface area contributed by atoms with Crippen LogP contribution in [0.1, 0.15) is 18.9 Å². The lowest BCUT2D eigenvalue weighted by atomic mass is 10.1. The molecule has 3 aliphatic heterocycles. The van der Waals surface area contributed by atoms with Crippen LogP contribution in [-0.2, 0) is 6.54 Å². The third kappa shape index (κ3) is 3.70. The quantitative estimate of drug-likeness (QED) is 0.449. The molecule has 1 atom stereocenters. The van der Waals surface area contributed by atoms with Crippen LogP contribution in [0.2, 0.25) is 5.02 Å². The summed E-state index contributed by atoms with van der Waals surface area (Å²) in [4.78, 5) is 22.2. The Hall–Kier alpha value is -3.55. The van der Waals surface area contributed by atoms with E-state index in [4.69, 9.17) is 11.6 Å². The molecule has 182 valence electrons. The van der Waals surface area contributed by atoms with Crippen LogP contribution in [0.4, 0.5) is 10.5 Å². The topological polar surface area (TPSA) is 42.4 Å². The second-order valence-electron chi connectivity index (χ2n) is 8.85.